The zero-order valence-corrected chi connectivity index (χ0v) is 14.9. The third-order valence-corrected chi connectivity index (χ3v) is 3.83. The maximum atomic E-state index is 12.1. The van der Waals surface area contributed by atoms with Gasteiger partial charge in [0.05, 0.1) is 6.42 Å². The van der Waals surface area contributed by atoms with Crippen LogP contribution in [0.15, 0.2) is 79.0 Å². The number of rotatable bonds is 5. The van der Waals surface area contributed by atoms with Crippen LogP contribution in [0.3, 0.4) is 0 Å². The Labute approximate surface area is 161 Å². The van der Waals surface area contributed by atoms with Crippen LogP contribution in [0, 0.1) is 0 Å². The highest BCUT2D eigenvalue weighted by Gasteiger charge is 2.10. The highest BCUT2D eigenvalue weighted by Crippen LogP contribution is 2.10. The highest BCUT2D eigenvalue weighted by molar-refractivity contribution is 5.99. The van der Waals surface area contributed by atoms with Crippen LogP contribution in [-0.4, -0.2) is 22.7 Å². The van der Waals surface area contributed by atoms with E-state index in [4.69, 9.17) is 0 Å². The molecule has 3 amide bonds. The summed E-state index contributed by atoms with van der Waals surface area (Å²) in [5.74, 6) is -1.14. The second-order valence-corrected chi connectivity index (χ2v) is 5.91. The number of carbonyl (C=O) groups excluding carboxylic acids is 3. The van der Waals surface area contributed by atoms with Gasteiger partial charge in [-0.1, -0.05) is 36.4 Å². The molecule has 0 fully saturated rings. The molecule has 1 aromatic heterocycles. The fraction of sp³-hybridized carbons (Fsp3) is 0.0476. The van der Waals surface area contributed by atoms with Gasteiger partial charge in [0.25, 0.3) is 11.8 Å². The first-order valence-corrected chi connectivity index (χ1v) is 8.57. The number of hydrogen-bond donors (Lipinski definition) is 3. The molecule has 0 aliphatic rings. The van der Waals surface area contributed by atoms with Crippen LogP contribution in [0.5, 0.6) is 0 Å². The van der Waals surface area contributed by atoms with Crippen LogP contribution < -0.4 is 16.2 Å². The van der Waals surface area contributed by atoms with Gasteiger partial charge in [0, 0.05) is 17.4 Å². The van der Waals surface area contributed by atoms with E-state index >= 15 is 0 Å². The summed E-state index contributed by atoms with van der Waals surface area (Å²) in [6, 6.07) is 20.7. The van der Waals surface area contributed by atoms with Gasteiger partial charge in [-0.05, 0) is 42.0 Å². The first-order valence-electron chi connectivity index (χ1n) is 8.57. The molecule has 0 aliphatic heterocycles. The average Bonchev–Trinajstić information content (AvgIpc) is 2.73. The van der Waals surface area contributed by atoms with E-state index in [2.05, 4.69) is 21.2 Å². The summed E-state index contributed by atoms with van der Waals surface area (Å²) in [4.78, 5) is 40.0. The smallest absolute Gasteiger partial charge is 0.288 e. The predicted molar refractivity (Wildman–Crippen MR) is 104 cm³/mol. The first-order chi connectivity index (χ1) is 13.6. The molecule has 140 valence electrons. The van der Waals surface area contributed by atoms with Crippen LogP contribution in [0.1, 0.15) is 26.4 Å². The monoisotopic (exact) mass is 374 g/mol. The topological polar surface area (TPSA) is 100 Å². The van der Waals surface area contributed by atoms with Crippen molar-refractivity contribution in [2.75, 3.05) is 5.32 Å². The lowest BCUT2D eigenvalue weighted by atomic mass is 10.1. The zero-order valence-electron chi connectivity index (χ0n) is 14.9. The quantitative estimate of drug-likeness (QED) is 0.597. The van der Waals surface area contributed by atoms with Crippen molar-refractivity contribution in [3.05, 3.63) is 95.8 Å². The lowest BCUT2D eigenvalue weighted by Crippen LogP contribution is -2.41. The molecule has 0 aliphatic carbocycles. The van der Waals surface area contributed by atoms with Crippen molar-refractivity contribution in [2.24, 2.45) is 0 Å². The molecular weight excluding hydrogens is 356 g/mol. The number of amides is 3. The Morgan fingerprint density at radius 1 is 0.750 bits per heavy atom. The molecule has 1 heterocycles. The van der Waals surface area contributed by atoms with Crippen molar-refractivity contribution in [3.63, 3.8) is 0 Å². The minimum atomic E-state index is -0.515. The number of benzene rings is 2. The Morgan fingerprint density at radius 3 is 2.11 bits per heavy atom. The van der Waals surface area contributed by atoms with Crippen LogP contribution in [0.25, 0.3) is 0 Å². The van der Waals surface area contributed by atoms with E-state index < -0.39 is 11.8 Å². The molecule has 0 bridgehead atoms. The number of pyridine rings is 1. The predicted octanol–water partition coefficient (Wildman–Crippen LogP) is 2.34. The van der Waals surface area contributed by atoms with Crippen molar-refractivity contribution in [1.29, 1.82) is 0 Å². The van der Waals surface area contributed by atoms with Crippen molar-refractivity contribution in [2.45, 2.75) is 6.42 Å². The molecule has 0 spiro atoms. The van der Waals surface area contributed by atoms with Gasteiger partial charge >= 0.3 is 0 Å². The molecule has 0 unspecified atom stereocenters. The van der Waals surface area contributed by atoms with Crippen LogP contribution in [0.2, 0.25) is 0 Å². The van der Waals surface area contributed by atoms with Gasteiger partial charge in [-0.25, -0.2) is 0 Å². The van der Waals surface area contributed by atoms with E-state index in [9.17, 15) is 14.4 Å². The van der Waals surface area contributed by atoms with Gasteiger partial charge in [-0.2, -0.15) is 0 Å². The molecule has 7 heteroatoms. The number of nitrogens with zero attached hydrogens (tertiary/aromatic N) is 1. The second kappa shape index (κ2) is 9.09. The number of aromatic nitrogens is 1. The molecular formula is C21H18N4O3. The molecule has 0 atom stereocenters. The Bertz CT molecular complexity index is 958. The van der Waals surface area contributed by atoms with E-state index in [0.29, 0.717) is 11.3 Å². The summed E-state index contributed by atoms with van der Waals surface area (Å²) < 4.78 is 0. The van der Waals surface area contributed by atoms with Gasteiger partial charge in [-0.3, -0.25) is 30.2 Å². The van der Waals surface area contributed by atoms with Gasteiger partial charge in [0.15, 0.2) is 0 Å². The summed E-state index contributed by atoms with van der Waals surface area (Å²) in [5.41, 5.74) is 6.65. The van der Waals surface area contributed by atoms with Crippen molar-refractivity contribution in [1.82, 2.24) is 15.8 Å². The van der Waals surface area contributed by atoms with E-state index in [1.54, 1.807) is 36.4 Å². The third-order valence-electron chi connectivity index (χ3n) is 3.83. The van der Waals surface area contributed by atoms with Gasteiger partial charge in [0.1, 0.15) is 5.69 Å². The van der Waals surface area contributed by atoms with E-state index in [1.807, 2.05) is 30.3 Å². The standard InChI is InChI=1S/C21H18N4O3/c26-19(14-15-6-2-1-3-7-15)23-17-11-9-16(10-12-17)20(27)24-25-21(28)18-8-4-5-13-22-18/h1-13H,14H2,(H,23,26)(H,24,27)(H,25,28). The maximum Gasteiger partial charge on any atom is 0.288 e. The summed E-state index contributed by atoms with van der Waals surface area (Å²) >= 11 is 0. The Morgan fingerprint density at radius 2 is 1.43 bits per heavy atom. The van der Waals surface area contributed by atoms with Gasteiger partial charge < -0.3 is 5.32 Å². The molecule has 3 aromatic rings. The SMILES string of the molecule is O=C(Cc1ccccc1)Nc1ccc(C(=O)NNC(=O)c2ccccn2)cc1. The second-order valence-electron chi connectivity index (χ2n) is 5.91. The third kappa shape index (κ3) is 5.25. The first kappa shape index (κ1) is 18.8. The minimum Gasteiger partial charge on any atom is -0.326 e. The lowest BCUT2D eigenvalue weighted by Gasteiger charge is -2.08. The molecule has 3 N–H and O–H groups in total. The van der Waals surface area contributed by atoms with E-state index in [0.717, 1.165) is 5.56 Å². The maximum absolute atomic E-state index is 12.1. The van der Waals surface area contributed by atoms with E-state index in [1.165, 1.54) is 12.3 Å². The molecule has 0 radical (unpaired) electrons. The van der Waals surface area contributed by atoms with Gasteiger partial charge in [-0.15, -0.1) is 0 Å². The average molecular weight is 374 g/mol. The Balaban J connectivity index is 1.51. The van der Waals surface area contributed by atoms with Gasteiger partial charge in [0.2, 0.25) is 5.91 Å². The molecule has 0 saturated heterocycles. The summed E-state index contributed by atoms with van der Waals surface area (Å²) in [6.45, 7) is 0. The van der Waals surface area contributed by atoms with Crippen LogP contribution >= 0.6 is 0 Å². The number of carbonyl (C=O) groups is 3. The largest absolute Gasteiger partial charge is 0.326 e. The number of nitrogens with one attached hydrogen (secondary N) is 3. The normalized spacial score (nSPS) is 10.0. The molecule has 3 rings (SSSR count). The Hall–Kier alpha value is -4.00. The number of hydrogen-bond acceptors (Lipinski definition) is 4. The van der Waals surface area contributed by atoms with Crippen molar-refractivity contribution < 1.29 is 14.4 Å². The zero-order chi connectivity index (χ0) is 19.8. The minimum absolute atomic E-state index is 0.147. The number of hydrazine groups is 1. The molecule has 28 heavy (non-hydrogen) atoms. The summed E-state index contributed by atoms with van der Waals surface area (Å²) in [7, 11) is 0. The lowest BCUT2D eigenvalue weighted by molar-refractivity contribution is -0.115. The van der Waals surface area contributed by atoms with Crippen LogP contribution in [0.4, 0.5) is 5.69 Å². The Kier molecular flexibility index (Phi) is 6.10. The van der Waals surface area contributed by atoms with Crippen molar-refractivity contribution in [3.8, 4) is 0 Å². The molecule has 2 aromatic carbocycles. The summed E-state index contributed by atoms with van der Waals surface area (Å²) in [6.07, 6.45) is 1.75. The fourth-order valence-corrected chi connectivity index (χ4v) is 2.44. The fourth-order valence-electron chi connectivity index (χ4n) is 2.44. The molecule has 0 saturated carbocycles. The number of anilines is 1. The van der Waals surface area contributed by atoms with Crippen LogP contribution in [-0.2, 0) is 11.2 Å². The van der Waals surface area contributed by atoms with Crippen molar-refractivity contribution >= 4 is 23.4 Å². The highest BCUT2D eigenvalue weighted by atomic mass is 16.2. The molecule has 7 nitrogen and oxygen atoms in total. The van der Waals surface area contributed by atoms with E-state index in [-0.39, 0.29) is 18.0 Å². The summed E-state index contributed by atoms with van der Waals surface area (Å²) in [5, 5.41) is 2.78.